The summed E-state index contributed by atoms with van der Waals surface area (Å²) in [5.41, 5.74) is 3.13. The van der Waals surface area contributed by atoms with E-state index in [0.717, 1.165) is 17.0 Å². The fourth-order valence-electron chi connectivity index (χ4n) is 3.61. The predicted octanol–water partition coefficient (Wildman–Crippen LogP) is 2.12. The topological polar surface area (TPSA) is 59.4 Å². The Balaban J connectivity index is 1.64. The van der Waals surface area contributed by atoms with Gasteiger partial charge in [0.15, 0.2) is 0 Å². The van der Waals surface area contributed by atoms with Gasteiger partial charge in [-0.2, -0.15) is 5.10 Å². The summed E-state index contributed by atoms with van der Waals surface area (Å²) in [6.45, 7) is 5.05. The van der Waals surface area contributed by atoms with Gasteiger partial charge in [-0.15, -0.1) is 0 Å². The van der Waals surface area contributed by atoms with Crippen molar-refractivity contribution in [2.75, 3.05) is 20.2 Å². The number of nitrogens with one attached hydrogen (secondary N) is 1. The molecule has 0 spiro atoms. The molecule has 1 aliphatic heterocycles. The first-order chi connectivity index (χ1) is 12.4. The molecule has 3 rings (SSSR count). The standard InChI is InChI=1S/C19H25FN4O2/c1-12-18(13(2)24(4)22-12)19-16(11-17(25)23(19)3)21-9-10-26-15-7-5-14(20)6-8-15/h5-8,16,19,21H,9-11H2,1-4H3/t16-,19-/m1/s1. The summed E-state index contributed by atoms with van der Waals surface area (Å²) in [6.07, 6.45) is 0.450. The summed E-state index contributed by atoms with van der Waals surface area (Å²) in [7, 11) is 3.76. The van der Waals surface area contributed by atoms with Gasteiger partial charge in [0.2, 0.25) is 5.91 Å². The highest BCUT2D eigenvalue weighted by Crippen LogP contribution is 2.35. The van der Waals surface area contributed by atoms with E-state index in [9.17, 15) is 9.18 Å². The SMILES string of the molecule is Cc1nn(C)c(C)c1[C@H]1[C@H](NCCOc2ccc(F)cc2)CC(=O)N1C. The molecule has 7 heteroatoms. The molecule has 1 aromatic carbocycles. The third-order valence-corrected chi connectivity index (χ3v) is 5.04. The van der Waals surface area contributed by atoms with Gasteiger partial charge in [-0.05, 0) is 38.1 Å². The molecule has 0 radical (unpaired) electrons. The average Bonchev–Trinajstić information content (AvgIpc) is 3.01. The number of likely N-dealkylation sites (tertiary alicyclic amines) is 1. The lowest BCUT2D eigenvalue weighted by Gasteiger charge is -2.26. The summed E-state index contributed by atoms with van der Waals surface area (Å²) < 4.78 is 20.4. The summed E-state index contributed by atoms with van der Waals surface area (Å²) in [5, 5.41) is 7.93. The molecule has 1 aromatic heterocycles. The maximum atomic E-state index is 12.9. The fraction of sp³-hybridized carbons (Fsp3) is 0.474. The highest BCUT2D eigenvalue weighted by atomic mass is 19.1. The number of amides is 1. The first-order valence-corrected chi connectivity index (χ1v) is 8.76. The Hall–Kier alpha value is -2.41. The van der Waals surface area contributed by atoms with Gasteiger partial charge >= 0.3 is 0 Å². The molecule has 1 saturated heterocycles. The molecule has 0 saturated carbocycles. The van der Waals surface area contributed by atoms with Crippen LogP contribution in [0.5, 0.6) is 5.75 Å². The normalized spacial score (nSPS) is 20.0. The second-order valence-corrected chi connectivity index (χ2v) is 6.72. The van der Waals surface area contributed by atoms with Gasteiger partial charge in [0.1, 0.15) is 18.2 Å². The van der Waals surface area contributed by atoms with Crippen molar-refractivity contribution >= 4 is 5.91 Å². The molecule has 140 valence electrons. The molecule has 1 N–H and O–H groups in total. The molecule has 26 heavy (non-hydrogen) atoms. The van der Waals surface area contributed by atoms with E-state index < -0.39 is 0 Å². The van der Waals surface area contributed by atoms with Gasteiger partial charge in [-0.1, -0.05) is 0 Å². The Morgan fingerprint density at radius 1 is 1.27 bits per heavy atom. The quantitative estimate of drug-likeness (QED) is 0.802. The van der Waals surface area contributed by atoms with Crippen LogP contribution in [-0.2, 0) is 11.8 Å². The summed E-state index contributed by atoms with van der Waals surface area (Å²) in [6, 6.07) is 5.92. The number of ether oxygens (including phenoxy) is 1. The van der Waals surface area contributed by atoms with Crippen molar-refractivity contribution in [1.29, 1.82) is 0 Å². The van der Waals surface area contributed by atoms with Crippen LogP contribution in [-0.4, -0.2) is 46.8 Å². The number of hydrogen-bond acceptors (Lipinski definition) is 4. The average molecular weight is 360 g/mol. The Morgan fingerprint density at radius 3 is 2.58 bits per heavy atom. The van der Waals surface area contributed by atoms with Gasteiger partial charge in [-0.3, -0.25) is 9.48 Å². The number of likely N-dealkylation sites (N-methyl/N-ethyl adjacent to an activating group) is 1. The number of rotatable bonds is 6. The maximum absolute atomic E-state index is 12.9. The molecule has 2 heterocycles. The number of aryl methyl sites for hydroxylation is 2. The third-order valence-electron chi connectivity index (χ3n) is 5.04. The molecular formula is C19H25FN4O2. The van der Waals surface area contributed by atoms with Gasteiger partial charge in [0.05, 0.1) is 11.7 Å². The molecule has 1 aliphatic rings. The van der Waals surface area contributed by atoms with Crippen LogP contribution >= 0.6 is 0 Å². The van der Waals surface area contributed by atoms with Crippen LogP contribution in [0.15, 0.2) is 24.3 Å². The lowest BCUT2D eigenvalue weighted by atomic mass is 9.98. The van der Waals surface area contributed by atoms with Crippen LogP contribution in [0.25, 0.3) is 0 Å². The summed E-state index contributed by atoms with van der Waals surface area (Å²) in [5.74, 6) is 0.464. The van der Waals surface area contributed by atoms with E-state index in [4.69, 9.17) is 4.74 Å². The molecule has 1 amide bonds. The molecule has 2 aromatic rings. The first-order valence-electron chi connectivity index (χ1n) is 8.76. The molecule has 1 fully saturated rings. The maximum Gasteiger partial charge on any atom is 0.224 e. The van der Waals surface area contributed by atoms with Gasteiger partial charge in [0.25, 0.3) is 0 Å². The Morgan fingerprint density at radius 2 is 1.96 bits per heavy atom. The van der Waals surface area contributed by atoms with Crippen LogP contribution in [0.4, 0.5) is 4.39 Å². The van der Waals surface area contributed by atoms with Crippen LogP contribution in [0.3, 0.4) is 0 Å². The smallest absolute Gasteiger partial charge is 0.224 e. The number of aromatic nitrogens is 2. The summed E-state index contributed by atoms with van der Waals surface area (Å²) in [4.78, 5) is 14.1. The highest BCUT2D eigenvalue weighted by Gasteiger charge is 2.40. The van der Waals surface area contributed by atoms with Crippen molar-refractivity contribution in [3.63, 3.8) is 0 Å². The predicted molar refractivity (Wildman–Crippen MR) is 96.5 cm³/mol. The number of benzene rings is 1. The number of carbonyl (C=O) groups is 1. The second-order valence-electron chi connectivity index (χ2n) is 6.72. The minimum absolute atomic E-state index is 0.00548. The number of nitrogens with zero attached hydrogens (tertiary/aromatic N) is 3. The molecule has 6 nitrogen and oxygen atoms in total. The Labute approximate surface area is 152 Å². The van der Waals surface area contributed by atoms with Crippen molar-refractivity contribution in [1.82, 2.24) is 20.0 Å². The zero-order chi connectivity index (χ0) is 18.8. The van der Waals surface area contributed by atoms with Crippen molar-refractivity contribution in [3.8, 4) is 5.75 Å². The molecule has 0 aliphatic carbocycles. The van der Waals surface area contributed by atoms with Crippen molar-refractivity contribution in [2.45, 2.75) is 32.4 Å². The van der Waals surface area contributed by atoms with E-state index in [1.54, 1.807) is 17.0 Å². The lowest BCUT2D eigenvalue weighted by molar-refractivity contribution is -0.127. The van der Waals surface area contributed by atoms with E-state index in [1.807, 2.05) is 32.6 Å². The first kappa shape index (κ1) is 18.4. The van der Waals surface area contributed by atoms with Gasteiger partial charge < -0.3 is 15.0 Å². The second kappa shape index (κ2) is 7.45. The molecule has 0 unspecified atom stereocenters. The largest absolute Gasteiger partial charge is 0.492 e. The van der Waals surface area contributed by atoms with Crippen LogP contribution in [0.1, 0.15) is 29.4 Å². The van der Waals surface area contributed by atoms with Crippen molar-refractivity contribution in [3.05, 3.63) is 47.0 Å². The van der Waals surface area contributed by atoms with E-state index in [0.29, 0.717) is 25.3 Å². The van der Waals surface area contributed by atoms with Crippen molar-refractivity contribution in [2.24, 2.45) is 7.05 Å². The molecular weight excluding hydrogens is 335 g/mol. The highest BCUT2D eigenvalue weighted by molar-refractivity contribution is 5.80. The van der Waals surface area contributed by atoms with Crippen LogP contribution in [0.2, 0.25) is 0 Å². The fourth-order valence-corrected chi connectivity index (χ4v) is 3.61. The van der Waals surface area contributed by atoms with Crippen LogP contribution < -0.4 is 10.1 Å². The monoisotopic (exact) mass is 360 g/mol. The number of hydrogen-bond donors (Lipinski definition) is 1. The van der Waals surface area contributed by atoms with Gasteiger partial charge in [-0.25, -0.2) is 4.39 Å². The zero-order valence-corrected chi connectivity index (χ0v) is 15.6. The van der Waals surface area contributed by atoms with Crippen LogP contribution in [0, 0.1) is 19.7 Å². The Kier molecular flexibility index (Phi) is 5.27. The number of carbonyl (C=O) groups excluding carboxylic acids is 1. The van der Waals surface area contributed by atoms with E-state index in [1.165, 1.54) is 12.1 Å². The van der Waals surface area contributed by atoms with E-state index >= 15 is 0 Å². The van der Waals surface area contributed by atoms with Gasteiger partial charge in [0, 0.05) is 44.4 Å². The number of halogens is 1. The van der Waals surface area contributed by atoms with E-state index in [-0.39, 0.29) is 23.8 Å². The lowest BCUT2D eigenvalue weighted by Crippen LogP contribution is -2.37. The third kappa shape index (κ3) is 3.58. The minimum Gasteiger partial charge on any atom is -0.492 e. The van der Waals surface area contributed by atoms with Crippen molar-refractivity contribution < 1.29 is 13.9 Å². The Bertz CT molecular complexity index is 788. The molecule has 0 bridgehead atoms. The minimum atomic E-state index is -0.284. The van der Waals surface area contributed by atoms with E-state index in [2.05, 4.69) is 10.4 Å². The zero-order valence-electron chi connectivity index (χ0n) is 15.6. The summed E-state index contributed by atoms with van der Waals surface area (Å²) >= 11 is 0. The molecule has 2 atom stereocenters.